The number of hydrogen-bond donors (Lipinski definition) is 0. The molecule has 2 aromatic carbocycles. The van der Waals surface area contributed by atoms with Crippen LogP contribution in [-0.2, 0) is 10.5 Å². The number of benzene rings is 2. The molecule has 2 heterocycles. The Labute approximate surface area is 195 Å². The van der Waals surface area contributed by atoms with Crippen LogP contribution in [-0.4, -0.2) is 27.6 Å². The number of thiazole rings is 1. The molecule has 0 aliphatic rings. The lowest BCUT2D eigenvalue weighted by Gasteiger charge is -2.21. The molecule has 0 bridgehead atoms. The normalized spacial score (nSPS) is 10.9. The molecule has 0 spiro atoms. The van der Waals surface area contributed by atoms with Crippen LogP contribution < -0.4 is 9.64 Å². The minimum atomic E-state index is -0.0534. The van der Waals surface area contributed by atoms with Crippen LogP contribution in [0.2, 0.25) is 0 Å². The van der Waals surface area contributed by atoms with Gasteiger partial charge >= 0.3 is 0 Å². The SMILES string of the molecule is COc1ccc(-n2ccnc2SCc2csc(N(C(C)=O)c3cccc(C)c3C)n2)cc1. The maximum Gasteiger partial charge on any atom is 0.230 e. The molecule has 0 saturated heterocycles. The van der Waals surface area contributed by atoms with Crippen LogP contribution in [0.4, 0.5) is 10.8 Å². The Morgan fingerprint density at radius 1 is 1.19 bits per heavy atom. The first-order chi connectivity index (χ1) is 15.5. The van der Waals surface area contributed by atoms with Gasteiger partial charge in [-0.05, 0) is 55.3 Å². The fraction of sp³-hybridized carbons (Fsp3) is 0.208. The van der Waals surface area contributed by atoms with Gasteiger partial charge in [0, 0.05) is 36.1 Å². The molecule has 4 rings (SSSR count). The van der Waals surface area contributed by atoms with Gasteiger partial charge in [0.1, 0.15) is 5.75 Å². The minimum Gasteiger partial charge on any atom is -0.497 e. The van der Waals surface area contributed by atoms with E-state index in [-0.39, 0.29) is 5.91 Å². The first-order valence-electron chi connectivity index (χ1n) is 10.1. The van der Waals surface area contributed by atoms with E-state index in [4.69, 9.17) is 9.72 Å². The van der Waals surface area contributed by atoms with Crippen molar-refractivity contribution in [1.29, 1.82) is 0 Å². The van der Waals surface area contributed by atoms with E-state index >= 15 is 0 Å². The van der Waals surface area contributed by atoms with Crippen molar-refractivity contribution in [3.63, 3.8) is 0 Å². The highest BCUT2D eigenvalue weighted by atomic mass is 32.2. The number of imidazole rings is 1. The highest BCUT2D eigenvalue weighted by molar-refractivity contribution is 7.98. The Morgan fingerprint density at radius 3 is 2.69 bits per heavy atom. The third-order valence-electron chi connectivity index (χ3n) is 5.17. The number of amides is 1. The van der Waals surface area contributed by atoms with Crippen molar-refractivity contribution in [2.75, 3.05) is 12.0 Å². The van der Waals surface area contributed by atoms with Gasteiger partial charge in [-0.25, -0.2) is 9.97 Å². The molecular formula is C24H24N4O2S2. The molecule has 0 aliphatic carbocycles. The van der Waals surface area contributed by atoms with Gasteiger partial charge in [0.25, 0.3) is 0 Å². The molecule has 0 unspecified atom stereocenters. The first-order valence-corrected chi connectivity index (χ1v) is 12.0. The Kier molecular flexibility index (Phi) is 6.62. The summed E-state index contributed by atoms with van der Waals surface area (Å²) in [5.41, 5.74) is 5.03. The van der Waals surface area contributed by atoms with Crippen molar-refractivity contribution in [2.24, 2.45) is 0 Å². The summed E-state index contributed by atoms with van der Waals surface area (Å²) in [4.78, 5) is 23.4. The number of rotatable bonds is 7. The lowest BCUT2D eigenvalue weighted by molar-refractivity contribution is -0.115. The second kappa shape index (κ2) is 9.58. The summed E-state index contributed by atoms with van der Waals surface area (Å²) in [6, 6.07) is 13.8. The molecule has 8 heteroatoms. The van der Waals surface area contributed by atoms with Gasteiger partial charge in [-0.3, -0.25) is 14.3 Å². The van der Waals surface area contributed by atoms with E-state index in [1.165, 1.54) is 11.3 Å². The van der Waals surface area contributed by atoms with Gasteiger partial charge in [-0.15, -0.1) is 11.3 Å². The van der Waals surface area contributed by atoms with Crippen molar-refractivity contribution in [3.8, 4) is 11.4 Å². The van der Waals surface area contributed by atoms with Crippen LogP contribution in [0.1, 0.15) is 23.7 Å². The number of anilines is 2. The zero-order valence-corrected chi connectivity index (χ0v) is 20.0. The zero-order valence-electron chi connectivity index (χ0n) is 18.4. The summed E-state index contributed by atoms with van der Waals surface area (Å²) >= 11 is 3.08. The van der Waals surface area contributed by atoms with E-state index in [1.54, 1.807) is 36.9 Å². The second-order valence-corrected chi connectivity index (χ2v) is 9.04. The summed E-state index contributed by atoms with van der Waals surface area (Å²) < 4.78 is 7.28. The maximum atomic E-state index is 12.5. The third kappa shape index (κ3) is 4.56. The van der Waals surface area contributed by atoms with Gasteiger partial charge in [0.05, 0.1) is 18.5 Å². The predicted octanol–water partition coefficient (Wildman–Crippen LogP) is 5.93. The Balaban J connectivity index is 1.52. The first kappa shape index (κ1) is 22.1. The van der Waals surface area contributed by atoms with Crippen LogP contribution in [0, 0.1) is 13.8 Å². The van der Waals surface area contributed by atoms with Crippen LogP contribution in [0.25, 0.3) is 5.69 Å². The summed E-state index contributed by atoms with van der Waals surface area (Å²) in [5, 5.41) is 3.56. The third-order valence-corrected chi connectivity index (χ3v) is 7.04. The predicted molar refractivity (Wildman–Crippen MR) is 131 cm³/mol. The van der Waals surface area contributed by atoms with E-state index in [1.807, 2.05) is 72.5 Å². The van der Waals surface area contributed by atoms with E-state index in [9.17, 15) is 4.79 Å². The molecule has 0 atom stereocenters. The van der Waals surface area contributed by atoms with Crippen LogP contribution in [0.5, 0.6) is 5.75 Å². The smallest absolute Gasteiger partial charge is 0.230 e. The van der Waals surface area contributed by atoms with Crippen molar-refractivity contribution in [3.05, 3.63) is 77.1 Å². The summed E-state index contributed by atoms with van der Waals surface area (Å²) in [6.07, 6.45) is 3.73. The van der Waals surface area contributed by atoms with Crippen LogP contribution in [0.15, 0.2) is 65.4 Å². The van der Waals surface area contributed by atoms with Crippen molar-refractivity contribution in [2.45, 2.75) is 31.7 Å². The molecule has 0 fully saturated rings. The average molecular weight is 465 g/mol. The topological polar surface area (TPSA) is 60.2 Å². The molecule has 0 aliphatic heterocycles. The molecule has 164 valence electrons. The van der Waals surface area contributed by atoms with Crippen molar-refractivity contribution >= 4 is 39.8 Å². The quantitative estimate of drug-likeness (QED) is 0.317. The van der Waals surface area contributed by atoms with Crippen LogP contribution in [0.3, 0.4) is 0 Å². The van der Waals surface area contributed by atoms with Crippen molar-refractivity contribution in [1.82, 2.24) is 14.5 Å². The summed E-state index contributed by atoms with van der Waals surface area (Å²) in [7, 11) is 1.66. The van der Waals surface area contributed by atoms with Gasteiger partial charge < -0.3 is 4.74 Å². The number of carbonyl (C=O) groups excluding carboxylic acids is 1. The number of ether oxygens (including phenoxy) is 1. The van der Waals surface area contributed by atoms with E-state index in [2.05, 4.69) is 4.98 Å². The molecule has 0 saturated carbocycles. The largest absolute Gasteiger partial charge is 0.497 e. The fourth-order valence-corrected chi connectivity index (χ4v) is 5.18. The lowest BCUT2D eigenvalue weighted by Crippen LogP contribution is -2.23. The molecule has 2 aromatic heterocycles. The molecule has 0 radical (unpaired) electrons. The Hall–Kier alpha value is -3.10. The monoisotopic (exact) mass is 464 g/mol. The Morgan fingerprint density at radius 2 is 1.97 bits per heavy atom. The molecular weight excluding hydrogens is 440 g/mol. The number of nitrogens with zero attached hydrogens (tertiary/aromatic N) is 4. The standard InChI is InChI=1S/C24H24N4O2S2/c1-16-6-5-7-22(17(16)2)28(18(3)29)24-26-19(15-32-24)14-31-23-25-12-13-27(23)20-8-10-21(30-4)11-9-20/h5-13,15H,14H2,1-4H3. The number of methoxy groups -OCH3 is 1. The number of aryl methyl sites for hydroxylation is 1. The van der Waals surface area contributed by atoms with E-state index < -0.39 is 0 Å². The van der Waals surface area contributed by atoms with Gasteiger partial charge in [-0.2, -0.15) is 0 Å². The van der Waals surface area contributed by atoms with E-state index in [0.29, 0.717) is 10.9 Å². The zero-order chi connectivity index (χ0) is 22.7. The van der Waals surface area contributed by atoms with Gasteiger partial charge in [0.15, 0.2) is 10.3 Å². The van der Waals surface area contributed by atoms with Gasteiger partial charge in [-0.1, -0.05) is 23.9 Å². The highest BCUT2D eigenvalue weighted by Gasteiger charge is 2.20. The second-order valence-electron chi connectivity index (χ2n) is 7.26. The summed E-state index contributed by atoms with van der Waals surface area (Å²) in [5.74, 6) is 1.42. The fourth-order valence-electron chi connectivity index (χ4n) is 3.32. The number of hydrogen-bond acceptors (Lipinski definition) is 6. The molecule has 0 N–H and O–H groups in total. The molecule has 6 nitrogen and oxygen atoms in total. The Bertz CT molecular complexity index is 1230. The average Bonchev–Trinajstić information content (AvgIpc) is 3.45. The number of carbonyl (C=O) groups is 1. The summed E-state index contributed by atoms with van der Waals surface area (Å²) in [6.45, 7) is 5.65. The van der Waals surface area contributed by atoms with E-state index in [0.717, 1.165) is 39.1 Å². The molecule has 1 amide bonds. The highest BCUT2D eigenvalue weighted by Crippen LogP contribution is 2.34. The minimum absolute atomic E-state index is 0.0534. The maximum absolute atomic E-state index is 12.5. The number of aromatic nitrogens is 3. The lowest BCUT2D eigenvalue weighted by atomic mass is 10.1. The van der Waals surface area contributed by atoms with Gasteiger partial charge in [0.2, 0.25) is 5.91 Å². The van der Waals surface area contributed by atoms with Crippen molar-refractivity contribution < 1.29 is 9.53 Å². The molecule has 32 heavy (non-hydrogen) atoms. The molecule has 4 aromatic rings. The number of thioether (sulfide) groups is 1. The van der Waals surface area contributed by atoms with Crippen LogP contribution >= 0.6 is 23.1 Å².